The van der Waals surface area contributed by atoms with E-state index in [-0.39, 0.29) is 5.91 Å². The van der Waals surface area contributed by atoms with Crippen LogP contribution in [0.5, 0.6) is 5.75 Å². The Balaban J connectivity index is 2.58. The van der Waals surface area contributed by atoms with Gasteiger partial charge in [0.05, 0.1) is 12.5 Å². The summed E-state index contributed by atoms with van der Waals surface area (Å²) >= 11 is 0. The predicted molar refractivity (Wildman–Crippen MR) is 57.1 cm³/mol. The van der Waals surface area contributed by atoms with Crippen molar-refractivity contribution in [1.29, 1.82) is 0 Å². The lowest BCUT2D eigenvalue weighted by molar-refractivity contribution is -0.114. The molecule has 15 heavy (non-hydrogen) atoms. The van der Waals surface area contributed by atoms with E-state index in [4.69, 9.17) is 9.15 Å². The first kappa shape index (κ1) is 9.58. The predicted octanol–water partition coefficient (Wildman–Crippen LogP) is 2.40. The highest BCUT2D eigenvalue weighted by Crippen LogP contribution is 2.36. The zero-order chi connectivity index (χ0) is 10.8. The Hall–Kier alpha value is -1.97. The number of hydrogen-bond donors (Lipinski definition) is 1. The van der Waals surface area contributed by atoms with E-state index in [1.54, 1.807) is 7.11 Å². The third kappa shape index (κ3) is 1.66. The number of hydrogen-bond acceptors (Lipinski definition) is 3. The van der Waals surface area contributed by atoms with Gasteiger partial charge in [-0.3, -0.25) is 10.1 Å². The summed E-state index contributed by atoms with van der Waals surface area (Å²) in [5.74, 6) is 0.722. The average molecular weight is 205 g/mol. The van der Waals surface area contributed by atoms with Gasteiger partial charge in [0.15, 0.2) is 5.75 Å². The van der Waals surface area contributed by atoms with E-state index in [1.807, 2.05) is 24.3 Å². The zero-order valence-electron chi connectivity index (χ0n) is 8.53. The minimum atomic E-state index is -0.188. The monoisotopic (exact) mass is 205 g/mol. The van der Waals surface area contributed by atoms with Crippen molar-refractivity contribution in [3.05, 3.63) is 24.3 Å². The lowest BCUT2D eigenvalue weighted by atomic mass is 10.2. The van der Waals surface area contributed by atoms with Gasteiger partial charge in [-0.05, 0) is 12.1 Å². The van der Waals surface area contributed by atoms with E-state index in [1.165, 1.54) is 6.92 Å². The van der Waals surface area contributed by atoms with Crippen molar-refractivity contribution >= 4 is 22.8 Å². The molecule has 0 atom stereocenters. The van der Waals surface area contributed by atoms with E-state index in [2.05, 4.69) is 5.32 Å². The molecular weight excluding hydrogens is 194 g/mol. The van der Waals surface area contributed by atoms with Crippen molar-refractivity contribution < 1.29 is 13.9 Å². The number of benzene rings is 1. The van der Waals surface area contributed by atoms with Gasteiger partial charge < -0.3 is 9.15 Å². The fraction of sp³-hybridized carbons (Fsp3) is 0.182. The van der Waals surface area contributed by atoms with Gasteiger partial charge in [0.25, 0.3) is 0 Å². The number of rotatable bonds is 2. The number of methoxy groups -OCH3 is 1. The van der Waals surface area contributed by atoms with Crippen molar-refractivity contribution in [2.45, 2.75) is 6.92 Å². The van der Waals surface area contributed by atoms with Crippen LogP contribution in [0.3, 0.4) is 0 Å². The van der Waals surface area contributed by atoms with Crippen LogP contribution in [0.2, 0.25) is 0 Å². The second kappa shape index (κ2) is 3.65. The molecule has 0 aliphatic heterocycles. The van der Waals surface area contributed by atoms with Crippen LogP contribution in [0, 0.1) is 0 Å². The van der Waals surface area contributed by atoms with E-state index in [0.717, 1.165) is 5.39 Å². The first-order valence-corrected chi connectivity index (χ1v) is 4.55. The summed E-state index contributed by atoms with van der Waals surface area (Å²) in [5, 5.41) is 3.43. The summed E-state index contributed by atoms with van der Waals surface area (Å²) in [6.07, 6.45) is 0. The molecule has 0 aliphatic rings. The number of para-hydroxylation sites is 1. The van der Waals surface area contributed by atoms with Crippen molar-refractivity contribution in [3.63, 3.8) is 0 Å². The van der Waals surface area contributed by atoms with Crippen LogP contribution in [-0.4, -0.2) is 13.0 Å². The highest BCUT2D eigenvalue weighted by molar-refractivity contribution is 5.96. The van der Waals surface area contributed by atoms with Crippen LogP contribution < -0.4 is 10.1 Å². The first-order valence-electron chi connectivity index (χ1n) is 4.55. The fourth-order valence-electron chi connectivity index (χ4n) is 1.47. The van der Waals surface area contributed by atoms with Crippen LogP contribution >= 0.6 is 0 Å². The molecule has 78 valence electrons. The molecule has 0 aliphatic carbocycles. The van der Waals surface area contributed by atoms with Crippen molar-refractivity contribution in [2.75, 3.05) is 12.4 Å². The van der Waals surface area contributed by atoms with Gasteiger partial charge in [0.2, 0.25) is 11.8 Å². The number of ether oxygens (including phenoxy) is 1. The van der Waals surface area contributed by atoms with Crippen LogP contribution in [0.15, 0.2) is 28.7 Å². The van der Waals surface area contributed by atoms with E-state index < -0.39 is 0 Å². The van der Waals surface area contributed by atoms with E-state index in [9.17, 15) is 4.79 Å². The average Bonchev–Trinajstić information content (AvgIpc) is 2.53. The third-order valence-corrected chi connectivity index (χ3v) is 2.04. The Kier molecular flexibility index (Phi) is 2.33. The Bertz CT molecular complexity index is 502. The van der Waals surface area contributed by atoms with E-state index >= 15 is 0 Å². The molecule has 1 aromatic heterocycles. The van der Waals surface area contributed by atoms with Crippen LogP contribution in [0.25, 0.3) is 11.0 Å². The topological polar surface area (TPSA) is 51.5 Å². The molecule has 0 spiro atoms. The summed E-state index contributed by atoms with van der Waals surface area (Å²) < 4.78 is 10.6. The van der Waals surface area contributed by atoms with Crippen LogP contribution in [0.4, 0.5) is 5.88 Å². The van der Waals surface area contributed by atoms with Gasteiger partial charge >= 0.3 is 0 Å². The Morgan fingerprint density at radius 2 is 2.13 bits per heavy atom. The number of fused-ring (bicyclic) bond motifs is 1. The van der Waals surface area contributed by atoms with Crippen molar-refractivity contribution in [3.8, 4) is 5.75 Å². The van der Waals surface area contributed by atoms with Crippen LogP contribution in [0.1, 0.15) is 6.92 Å². The number of furan rings is 1. The van der Waals surface area contributed by atoms with Crippen molar-refractivity contribution in [1.82, 2.24) is 0 Å². The minimum Gasteiger partial charge on any atom is -0.491 e. The lowest BCUT2D eigenvalue weighted by Gasteiger charge is -2.00. The number of anilines is 1. The number of carbonyl (C=O) groups is 1. The maximum Gasteiger partial charge on any atom is 0.243 e. The maximum absolute atomic E-state index is 10.9. The second-order valence-electron chi connectivity index (χ2n) is 3.14. The largest absolute Gasteiger partial charge is 0.491 e. The normalized spacial score (nSPS) is 10.3. The summed E-state index contributed by atoms with van der Waals surface area (Å²) in [5.41, 5.74) is 0.693. The molecule has 1 aromatic carbocycles. The highest BCUT2D eigenvalue weighted by atomic mass is 16.5. The molecule has 1 heterocycles. The Morgan fingerprint density at radius 1 is 1.40 bits per heavy atom. The maximum atomic E-state index is 10.9. The second-order valence-corrected chi connectivity index (χ2v) is 3.14. The molecule has 0 radical (unpaired) electrons. The molecular formula is C11H11NO3. The molecule has 1 amide bonds. The molecule has 0 saturated carbocycles. The molecule has 4 nitrogen and oxygen atoms in total. The SMILES string of the molecule is COc1c(NC(C)=O)oc2ccccc12. The van der Waals surface area contributed by atoms with Gasteiger partial charge in [0.1, 0.15) is 5.58 Å². The van der Waals surface area contributed by atoms with Crippen molar-refractivity contribution in [2.24, 2.45) is 0 Å². The summed E-state index contributed by atoms with van der Waals surface area (Å²) in [7, 11) is 1.54. The Labute approximate surface area is 86.8 Å². The van der Waals surface area contributed by atoms with Crippen LogP contribution in [-0.2, 0) is 4.79 Å². The molecule has 0 saturated heterocycles. The molecule has 2 aromatic rings. The van der Waals surface area contributed by atoms with Gasteiger partial charge in [-0.1, -0.05) is 12.1 Å². The Morgan fingerprint density at radius 3 is 2.80 bits per heavy atom. The van der Waals surface area contributed by atoms with Gasteiger partial charge in [-0.25, -0.2) is 0 Å². The molecule has 2 rings (SSSR count). The third-order valence-electron chi connectivity index (χ3n) is 2.04. The van der Waals surface area contributed by atoms with Gasteiger partial charge in [-0.15, -0.1) is 0 Å². The first-order chi connectivity index (χ1) is 7.22. The summed E-state index contributed by atoms with van der Waals surface area (Å²) in [4.78, 5) is 10.9. The molecule has 0 unspecified atom stereocenters. The molecule has 1 N–H and O–H groups in total. The lowest BCUT2D eigenvalue weighted by Crippen LogP contribution is -2.05. The minimum absolute atomic E-state index is 0.188. The number of carbonyl (C=O) groups excluding carboxylic acids is 1. The zero-order valence-corrected chi connectivity index (χ0v) is 8.53. The molecule has 4 heteroatoms. The smallest absolute Gasteiger partial charge is 0.243 e. The summed E-state index contributed by atoms with van der Waals surface area (Å²) in [6.45, 7) is 1.42. The molecule has 0 bridgehead atoms. The molecule has 0 fully saturated rings. The standard InChI is InChI=1S/C11H11NO3/c1-7(13)12-11-10(14-2)8-5-3-4-6-9(8)15-11/h3-6H,1-2H3,(H,12,13). The quantitative estimate of drug-likeness (QED) is 0.819. The number of nitrogens with one attached hydrogen (secondary N) is 1. The van der Waals surface area contributed by atoms with Gasteiger partial charge in [0, 0.05) is 6.92 Å². The summed E-state index contributed by atoms with van der Waals surface area (Å²) in [6, 6.07) is 7.45. The van der Waals surface area contributed by atoms with Gasteiger partial charge in [-0.2, -0.15) is 0 Å². The number of amides is 1. The van der Waals surface area contributed by atoms with E-state index in [0.29, 0.717) is 17.2 Å². The highest BCUT2D eigenvalue weighted by Gasteiger charge is 2.14. The fourth-order valence-corrected chi connectivity index (χ4v) is 1.47.